The molecule has 2 N–H and O–H groups in total. The molecule has 0 spiro atoms. The van der Waals surface area contributed by atoms with Gasteiger partial charge in [0, 0.05) is 45.7 Å². The van der Waals surface area contributed by atoms with E-state index >= 15 is 8.78 Å². The summed E-state index contributed by atoms with van der Waals surface area (Å²) in [5, 5.41) is 7.04. The quantitative estimate of drug-likeness (QED) is 0.0899. The fourth-order valence-electron chi connectivity index (χ4n) is 8.15. The van der Waals surface area contributed by atoms with Crippen LogP contribution in [0.2, 0.25) is 0 Å². The molecule has 7 aromatic rings. The van der Waals surface area contributed by atoms with Crippen LogP contribution in [0.1, 0.15) is 104 Å². The average Bonchev–Trinajstić information content (AvgIpc) is 3.74. The second-order valence-corrected chi connectivity index (χ2v) is 16.1. The van der Waals surface area contributed by atoms with E-state index in [4.69, 9.17) is 18.7 Å². The second kappa shape index (κ2) is 19.2. The fourth-order valence-corrected chi connectivity index (χ4v) is 8.71. The molecular formula is C50H56F2N6S. The number of nitrogens with one attached hydrogen (secondary N) is 2. The van der Waals surface area contributed by atoms with Crippen LogP contribution in [0.3, 0.4) is 0 Å². The normalized spacial score (nSPS) is 12.6. The van der Waals surface area contributed by atoms with Crippen molar-refractivity contribution in [3.05, 3.63) is 108 Å². The first kappa shape index (κ1) is 41.9. The van der Waals surface area contributed by atoms with E-state index in [1.165, 1.54) is 0 Å². The third-order valence-corrected chi connectivity index (χ3v) is 12.1. The zero-order valence-corrected chi connectivity index (χ0v) is 36.1. The SMILES string of the molecule is CCCCC(CC)Nc1ccc(-c2ccc(-c3c4nsnc4c(-c4ccc(-c5ccc(NC(CC)CCCC)cc5F)cc4)c4nc(CC)c(CC)nc34)cc2)c(F)c1. The van der Waals surface area contributed by atoms with Gasteiger partial charge in [0.2, 0.25) is 0 Å². The van der Waals surface area contributed by atoms with E-state index in [2.05, 4.69) is 52.2 Å². The Morgan fingerprint density at radius 3 is 1.24 bits per heavy atom. The number of nitrogens with zero attached hydrogens (tertiary/aromatic N) is 4. The molecule has 2 aromatic heterocycles. The monoisotopic (exact) mass is 810 g/mol. The molecule has 0 saturated heterocycles. The molecule has 2 heterocycles. The van der Waals surface area contributed by atoms with Gasteiger partial charge in [-0.15, -0.1) is 0 Å². The van der Waals surface area contributed by atoms with Gasteiger partial charge in [-0.25, -0.2) is 18.7 Å². The number of unbranched alkanes of at least 4 members (excludes halogenated alkanes) is 2. The van der Waals surface area contributed by atoms with E-state index in [-0.39, 0.29) is 11.6 Å². The summed E-state index contributed by atoms with van der Waals surface area (Å²) in [6.45, 7) is 12.9. The highest BCUT2D eigenvalue weighted by Crippen LogP contribution is 2.43. The Morgan fingerprint density at radius 1 is 0.508 bits per heavy atom. The zero-order chi connectivity index (χ0) is 41.5. The number of rotatable bonds is 18. The van der Waals surface area contributed by atoms with Crippen molar-refractivity contribution in [2.75, 3.05) is 10.6 Å². The molecule has 0 saturated carbocycles. The lowest BCUT2D eigenvalue weighted by Gasteiger charge is -2.19. The van der Waals surface area contributed by atoms with E-state index in [9.17, 15) is 0 Å². The molecule has 7 rings (SSSR count). The van der Waals surface area contributed by atoms with Gasteiger partial charge < -0.3 is 10.6 Å². The van der Waals surface area contributed by atoms with Crippen molar-refractivity contribution >= 4 is 45.2 Å². The lowest BCUT2D eigenvalue weighted by atomic mass is 9.92. The first-order chi connectivity index (χ1) is 28.8. The van der Waals surface area contributed by atoms with Crippen molar-refractivity contribution in [2.24, 2.45) is 0 Å². The van der Waals surface area contributed by atoms with Crippen molar-refractivity contribution in [2.45, 2.75) is 118 Å². The Balaban J connectivity index is 1.25. The minimum atomic E-state index is -0.259. The summed E-state index contributed by atoms with van der Waals surface area (Å²) in [5.41, 5.74) is 12.7. The molecule has 0 amide bonds. The molecule has 306 valence electrons. The Bertz CT molecular complexity index is 2340. The van der Waals surface area contributed by atoms with Crippen molar-refractivity contribution in [1.29, 1.82) is 0 Å². The highest BCUT2D eigenvalue weighted by atomic mass is 32.1. The molecule has 2 atom stereocenters. The zero-order valence-electron chi connectivity index (χ0n) is 35.3. The molecule has 5 aromatic carbocycles. The van der Waals surface area contributed by atoms with Gasteiger partial charge in [0.05, 0.1) is 34.1 Å². The molecule has 6 nitrogen and oxygen atoms in total. The number of benzene rings is 5. The molecule has 0 radical (unpaired) electrons. The smallest absolute Gasteiger partial charge is 0.133 e. The largest absolute Gasteiger partial charge is 0.382 e. The van der Waals surface area contributed by atoms with Crippen molar-refractivity contribution < 1.29 is 8.78 Å². The first-order valence-corrected chi connectivity index (χ1v) is 22.3. The van der Waals surface area contributed by atoms with Gasteiger partial charge in [-0.05, 0) is 97.2 Å². The van der Waals surface area contributed by atoms with Crippen molar-refractivity contribution in [3.63, 3.8) is 0 Å². The molecule has 9 heteroatoms. The third kappa shape index (κ3) is 9.01. The molecule has 0 fully saturated rings. The summed E-state index contributed by atoms with van der Waals surface area (Å²) in [5.74, 6) is -0.518. The average molecular weight is 811 g/mol. The Morgan fingerprint density at radius 2 is 0.898 bits per heavy atom. The number of halogens is 2. The molecule has 0 bridgehead atoms. The van der Waals surface area contributed by atoms with Gasteiger partial charge >= 0.3 is 0 Å². The Labute approximate surface area is 352 Å². The maximum Gasteiger partial charge on any atom is 0.133 e. The van der Waals surface area contributed by atoms with E-state index < -0.39 is 0 Å². The summed E-state index contributed by atoms with van der Waals surface area (Å²) in [4.78, 5) is 10.6. The standard InChI is InChI=1S/C50H56F2N6S/c1-7-13-15-35(9-3)53-37-25-27-39(41(51)29-37)31-17-21-33(22-18-31)45-47-48(56-44(12-6)43(11-5)55-47)46(50-49(45)57-59-58-50)34-23-19-32(20-24-34)40-28-26-38(30-42(40)52)54-36(10-4)16-14-8-2/h17-30,35-36,53-54H,7-16H2,1-6H3. The Hall–Kier alpha value is -5.28. The Kier molecular flexibility index (Phi) is 13.6. The minimum Gasteiger partial charge on any atom is -0.382 e. The van der Waals surface area contributed by atoms with E-state index in [0.29, 0.717) is 23.2 Å². The van der Waals surface area contributed by atoms with Crippen LogP contribution < -0.4 is 10.6 Å². The summed E-state index contributed by atoms with van der Waals surface area (Å²) in [6.07, 6.45) is 10.2. The van der Waals surface area contributed by atoms with Gasteiger partial charge in [-0.2, -0.15) is 8.75 Å². The van der Waals surface area contributed by atoms with Crippen LogP contribution in [0.5, 0.6) is 0 Å². The molecule has 0 aliphatic carbocycles. The topological polar surface area (TPSA) is 75.6 Å². The van der Waals surface area contributed by atoms with E-state index in [1.54, 1.807) is 12.1 Å². The van der Waals surface area contributed by atoms with Crippen LogP contribution >= 0.6 is 11.7 Å². The van der Waals surface area contributed by atoms with Gasteiger partial charge in [0.15, 0.2) is 0 Å². The molecule has 0 aliphatic rings. The molecular weight excluding hydrogens is 755 g/mol. The number of fused-ring (bicyclic) bond motifs is 2. The van der Waals surface area contributed by atoms with Crippen LogP contribution in [0.25, 0.3) is 66.6 Å². The second-order valence-electron chi connectivity index (χ2n) is 15.6. The highest BCUT2D eigenvalue weighted by Gasteiger charge is 2.24. The molecule has 0 aliphatic heterocycles. The van der Waals surface area contributed by atoms with Crippen LogP contribution in [0, 0.1) is 11.6 Å². The van der Waals surface area contributed by atoms with E-state index in [0.717, 1.165) is 154 Å². The summed E-state index contributed by atoms with van der Waals surface area (Å²) < 4.78 is 41.0. The van der Waals surface area contributed by atoms with Gasteiger partial charge in [-0.1, -0.05) is 116 Å². The fraction of sp³-hybridized carbons (Fsp3) is 0.360. The predicted molar refractivity (Wildman–Crippen MR) is 245 cm³/mol. The van der Waals surface area contributed by atoms with Crippen molar-refractivity contribution in [3.8, 4) is 44.5 Å². The van der Waals surface area contributed by atoms with Crippen LogP contribution in [0.15, 0.2) is 84.9 Å². The van der Waals surface area contributed by atoms with Crippen LogP contribution in [0.4, 0.5) is 20.2 Å². The van der Waals surface area contributed by atoms with Crippen molar-refractivity contribution in [1.82, 2.24) is 18.7 Å². The summed E-state index contributed by atoms with van der Waals surface area (Å²) in [7, 11) is 0. The van der Waals surface area contributed by atoms with Crippen LogP contribution in [-0.2, 0) is 12.8 Å². The predicted octanol–water partition coefficient (Wildman–Crippen LogP) is 14.5. The highest BCUT2D eigenvalue weighted by molar-refractivity contribution is 7.00. The van der Waals surface area contributed by atoms with E-state index in [1.807, 2.05) is 72.8 Å². The summed E-state index contributed by atoms with van der Waals surface area (Å²) >= 11 is 1.16. The van der Waals surface area contributed by atoms with Gasteiger partial charge in [0.1, 0.15) is 22.7 Å². The number of aryl methyl sites for hydroxylation is 2. The number of hydrogen-bond donors (Lipinski definition) is 2. The number of anilines is 2. The molecule has 2 unspecified atom stereocenters. The number of aromatic nitrogens is 4. The van der Waals surface area contributed by atoms with Gasteiger partial charge in [0.25, 0.3) is 0 Å². The third-order valence-electron chi connectivity index (χ3n) is 11.6. The van der Waals surface area contributed by atoms with Gasteiger partial charge in [-0.3, -0.25) is 0 Å². The lowest BCUT2D eigenvalue weighted by Crippen LogP contribution is -2.18. The first-order valence-electron chi connectivity index (χ1n) is 21.6. The van der Waals surface area contributed by atoms with Crippen LogP contribution in [-0.4, -0.2) is 30.8 Å². The molecule has 59 heavy (non-hydrogen) atoms. The number of hydrogen-bond acceptors (Lipinski definition) is 7. The lowest BCUT2D eigenvalue weighted by molar-refractivity contribution is 0.591. The summed E-state index contributed by atoms with van der Waals surface area (Å²) in [6, 6.07) is 27.5. The maximum atomic E-state index is 15.6. The minimum absolute atomic E-state index is 0.259. The maximum absolute atomic E-state index is 15.6.